The van der Waals surface area contributed by atoms with Gasteiger partial charge in [0.05, 0.1) is 0 Å². The molecule has 1 saturated carbocycles. The van der Waals surface area contributed by atoms with Crippen LogP contribution in [0.2, 0.25) is 0 Å². The van der Waals surface area contributed by atoms with Crippen LogP contribution < -0.4 is 5.32 Å². The first-order valence-electron chi connectivity index (χ1n) is 7.00. The molecule has 1 N–H and O–H groups in total. The Kier molecular flexibility index (Phi) is 3.34. The Labute approximate surface area is 103 Å². The summed E-state index contributed by atoms with van der Waals surface area (Å²) in [6.07, 6.45) is 6.64. The Morgan fingerprint density at radius 2 is 2.12 bits per heavy atom. The zero-order valence-electron chi connectivity index (χ0n) is 10.4. The normalized spacial score (nSPS) is 32.9. The minimum Gasteiger partial charge on any atom is -0.368 e. The van der Waals surface area contributed by atoms with E-state index in [0.29, 0.717) is 12.1 Å². The number of nitrogens with zero attached hydrogens (tertiary/aromatic N) is 1. The SMILES string of the molecule is O=C([C@H]1CCCO1)N(CC1CCCN1)C1CC1. The first-order valence-corrected chi connectivity index (χ1v) is 7.00. The molecule has 2 saturated heterocycles. The van der Waals surface area contributed by atoms with Gasteiger partial charge in [0.2, 0.25) is 0 Å². The molecular weight excluding hydrogens is 216 g/mol. The van der Waals surface area contributed by atoms with Crippen LogP contribution in [0.1, 0.15) is 38.5 Å². The van der Waals surface area contributed by atoms with Gasteiger partial charge in [-0.1, -0.05) is 0 Å². The second-order valence-corrected chi connectivity index (χ2v) is 5.52. The first kappa shape index (κ1) is 11.5. The summed E-state index contributed by atoms with van der Waals surface area (Å²) in [5.41, 5.74) is 0. The number of hydrogen-bond acceptors (Lipinski definition) is 3. The summed E-state index contributed by atoms with van der Waals surface area (Å²) < 4.78 is 5.53. The Morgan fingerprint density at radius 3 is 2.71 bits per heavy atom. The Hall–Kier alpha value is -0.610. The fourth-order valence-corrected chi connectivity index (χ4v) is 2.91. The van der Waals surface area contributed by atoms with Crippen molar-refractivity contribution in [2.75, 3.05) is 19.7 Å². The van der Waals surface area contributed by atoms with Crippen LogP contribution in [-0.4, -0.2) is 48.7 Å². The smallest absolute Gasteiger partial charge is 0.252 e. The molecule has 1 amide bonds. The van der Waals surface area contributed by atoms with Crippen molar-refractivity contribution in [2.24, 2.45) is 0 Å². The average Bonchev–Trinajstić information content (AvgIpc) is 2.86. The summed E-state index contributed by atoms with van der Waals surface area (Å²) in [4.78, 5) is 14.5. The molecule has 3 rings (SSSR count). The van der Waals surface area contributed by atoms with Gasteiger partial charge in [0.15, 0.2) is 0 Å². The van der Waals surface area contributed by atoms with Gasteiger partial charge in [-0.15, -0.1) is 0 Å². The largest absolute Gasteiger partial charge is 0.368 e. The van der Waals surface area contributed by atoms with Gasteiger partial charge in [0.25, 0.3) is 5.91 Å². The number of rotatable bonds is 4. The third-order valence-electron chi connectivity index (χ3n) is 4.06. The third-order valence-corrected chi connectivity index (χ3v) is 4.06. The van der Waals surface area contributed by atoms with Crippen molar-refractivity contribution in [1.82, 2.24) is 10.2 Å². The topological polar surface area (TPSA) is 41.6 Å². The molecule has 1 aliphatic carbocycles. The Morgan fingerprint density at radius 1 is 1.24 bits per heavy atom. The highest BCUT2D eigenvalue weighted by atomic mass is 16.5. The van der Waals surface area contributed by atoms with Crippen LogP contribution in [0.5, 0.6) is 0 Å². The summed E-state index contributed by atoms with van der Waals surface area (Å²) in [7, 11) is 0. The standard InChI is InChI=1S/C13H22N2O2/c16-13(12-4-2-8-17-12)15(11-5-6-11)9-10-3-1-7-14-10/h10-12,14H,1-9H2/t10?,12-/m1/s1. The number of carbonyl (C=O) groups is 1. The van der Waals surface area contributed by atoms with Crippen molar-refractivity contribution in [3.63, 3.8) is 0 Å². The highest BCUT2D eigenvalue weighted by Gasteiger charge is 2.38. The maximum atomic E-state index is 12.4. The minimum atomic E-state index is -0.142. The molecule has 0 bridgehead atoms. The van der Waals surface area contributed by atoms with E-state index in [1.807, 2.05) is 0 Å². The summed E-state index contributed by atoms with van der Waals surface area (Å²) in [6, 6.07) is 1.02. The molecule has 17 heavy (non-hydrogen) atoms. The summed E-state index contributed by atoms with van der Waals surface area (Å²) in [5.74, 6) is 0.249. The van der Waals surface area contributed by atoms with Crippen LogP contribution >= 0.6 is 0 Å². The van der Waals surface area contributed by atoms with Crippen molar-refractivity contribution in [3.8, 4) is 0 Å². The molecule has 4 heteroatoms. The van der Waals surface area contributed by atoms with E-state index >= 15 is 0 Å². The van der Waals surface area contributed by atoms with Gasteiger partial charge in [-0.05, 0) is 45.1 Å². The summed E-state index contributed by atoms with van der Waals surface area (Å²) >= 11 is 0. The molecule has 1 unspecified atom stereocenters. The zero-order valence-corrected chi connectivity index (χ0v) is 10.4. The van der Waals surface area contributed by atoms with E-state index < -0.39 is 0 Å². The quantitative estimate of drug-likeness (QED) is 0.791. The van der Waals surface area contributed by atoms with Crippen LogP contribution in [0, 0.1) is 0 Å². The van der Waals surface area contributed by atoms with Crippen LogP contribution in [0.25, 0.3) is 0 Å². The molecular formula is C13H22N2O2. The number of nitrogens with one attached hydrogen (secondary N) is 1. The van der Waals surface area contributed by atoms with Gasteiger partial charge in [0.1, 0.15) is 6.10 Å². The van der Waals surface area contributed by atoms with Crippen LogP contribution in [-0.2, 0) is 9.53 Å². The van der Waals surface area contributed by atoms with Crippen LogP contribution in [0.15, 0.2) is 0 Å². The van der Waals surface area contributed by atoms with E-state index in [2.05, 4.69) is 10.2 Å². The average molecular weight is 238 g/mol. The van der Waals surface area contributed by atoms with E-state index in [4.69, 9.17) is 4.74 Å². The highest BCUT2D eigenvalue weighted by Crippen LogP contribution is 2.29. The fourth-order valence-electron chi connectivity index (χ4n) is 2.91. The second-order valence-electron chi connectivity index (χ2n) is 5.52. The van der Waals surface area contributed by atoms with Crippen molar-refractivity contribution in [2.45, 2.75) is 56.7 Å². The zero-order chi connectivity index (χ0) is 11.7. The van der Waals surface area contributed by atoms with Crippen molar-refractivity contribution >= 4 is 5.91 Å². The fraction of sp³-hybridized carbons (Fsp3) is 0.923. The van der Waals surface area contributed by atoms with Gasteiger partial charge in [0, 0.05) is 25.2 Å². The Bertz CT molecular complexity index is 279. The molecule has 2 heterocycles. The predicted octanol–water partition coefficient (Wildman–Crippen LogP) is 0.908. The summed E-state index contributed by atoms with van der Waals surface area (Å²) in [6.45, 7) is 2.76. The highest BCUT2D eigenvalue weighted by molar-refractivity contribution is 5.81. The van der Waals surface area contributed by atoms with E-state index in [0.717, 1.165) is 32.5 Å². The molecule has 0 aromatic rings. The Balaban J connectivity index is 1.60. The van der Waals surface area contributed by atoms with E-state index in [1.54, 1.807) is 0 Å². The molecule has 4 nitrogen and oxygen atoms in total. The predicted molar refractivity (Wildman–Crippen MR) is 64.7 cm³/mol. The van der Waals surface area contributed by atoms with E-state index in [-0.39, 0.29) is 12.0 Å². The molecule has 3 fully saturated rings. The maximum absolute atomic E-state index is 12.4. The van der Waals surface area contributed by atoms with Crippen LogP contribution in [0.3, 0.4) is 0 Å². The molecule has 0 spiro atoms. The van der Waals surface area contributed by atoms with Gasteiger partial charge >= 0.3 is 0 Å². The van der Waals surface area contributed by atoms with Crippen LogP contribution in [0.4, 0.5) is 0 Å². The minimum absolute atomic E-state index is 0.142. The number of amides is 1. The monoisotopic (exact) mass is 238 g/mol. The van der Waals surface area contributed by atoms with E-state index in [1.165, 1.54) is 25.7 Å². The third kappa shape index (κ3) is 2.63. The van der Waals surface area contributed by atoms with Crippen molar-refractivity contribution in [3.05, 3.63) is 0 Å². The molecule has 0 radical (unpaired) electrons. The molecule has 2 atom stereocenters. The molecule has 0 aromatic carbocycles. The summed E-state index contributed by atoms with van der Waals surface area (Å²) in [5, 5.41) is 3.48. The lowest BCUT2D eigenvalue weighted by atomic mass is 10.1. The lowest BCUT2D eigenvalue weighted by molar-refractivity contribution is -0.141. The maximum Gasteiger partial charge on any atom is 0.252 e. The molecule has 96 valence electrons. The second kappa shape index (κ2) is 4.94. The first-order chi connectivity index (χ1) is 8.34. The van der Waals surface area contributed by atoms with E-state index in [9.17, 15) is 4.79 Å². The number of hydrogen-bond donors (Lipinski definition) is 1. The van der Waals surface area contributed by atoms with Crippen molar-refractivity contribution in [1.29, 1.82) is 0 Å². The lowest BCUT2D eigenvalue weighted by Gasteiger charge is -2.28. The van der Waals surface area contributed by atoms with Gasteiger partial charge < -0.3 is 15.0 Å². The van der Waals surface area contributed by atoms with Crippen molar-refractivity contribution < 1.29 is 9.53 Å². The molecule has 3 aliphatic rings. The molecule has 0 aromatic heterocycles. The van der Waals surface area contributed by atoms with Gasteiger partial charge in [-0.3, -0.25) is 4.79 Å². The number of carbonyl (C=O) groups excluding carboxylic acids is 1. The van der Waals surface area contributed by atoms with Gasteiger partial charge in [-0.2, -0.15) is 0 Å². The molecule has 2 aliphatic heterocycles. The number of ether oxygens (including phenoxy) is 1. The van der Waals surface area contributed by atoms with Gasteiger partial charge in [-0.25, -0.2) is 0 Å². The lowest BCUT2D eigenvalue weighted by Crippen LogP contribution is -2.46.